The van der Waals surface area contributed by atoms with Crippen LogP contribution in [0.15, 0.2) is 82.0 Å². The van der Waals surface area contributed by atoms with Crippen molar-refractivity contribution in [2.75, 3.05) is 18.5 Å². The van der Waals surface area contributed by atoms with E-state index in [0.29, 0.717) is 30.2 Å². The summed E-state index contributed by atoms with van der Waals surface area (Å²) in [5.41, 5.74) is 2.26. The maximum atomic E-state index is 13.2. The highest BCUT2D eigenvalue weighted by Gasteiger charge is 2.05. The first kappa shape index (κ1) is 26.0. The van der Waals surface area contributed by atoms with Crippen LogP contribution in [0, 0.1) is 12.7 Å². The maximum Gasteiger partial charge on any atom is 0.336 e. The molecule has 0 saturated heterocycles. The number of ether oxygens (including phenoxy) is 2. The Hall–Kier alpha value is -4.10. The van der Waals surface area contributed by atoms with Gasteiger partial charge in [-0.1, -0.05) is 23.7 Å². The molecular weight excluding hydrogens is 497 g/mol. The van der Waals surface area contributed by atoms with Crippen LogP contribution in [0.1, 0.15) is 24.0 Å². The van der Waals surface area contributed by atoms with Gasteiger partial charge in [0.2, 0.25) is 5.91 Å². The van der Waals surface area contributed by atoms with Crippen molar-refractivity contribution in [2.45, 2.75) is 19.8 Å². The zero-order valence-electron chi connectivity index (χ0n) is 20.1. The molecule has 8 heteroatoms. The minimum absolute atomic E-state index is 0.0546. The zero-order chi connectivity index (χ0) is 26.2. The lowest BCUT2D eigenvalue weighted by Gasteiger charge is -2.09. The van der Waals surface area contributed by atoms with Crippen molar-refractivity contribution in [1.82, 2.24) is 0 Å². The monoisotopic (exact) mass is 521 g/mol. The third kappa shape index (κ3) is 7.44. The summed E-state index contributed by atoms with van der Waals surface area (Å²) in [6.45, 7) is 2.92. The van der Waals surface area contributed by atoms with E-state index in [2.05, 4.69) is 5.32 Å². The Balaban J connectivity index is 1.16. The molecule has 0 spiro atoms. The van der Waals surface area contributed by atoms with Gasteiger partial charge in [-0.05, 0) is 79.4 Å². The normalized spacial score (nSPS) is 11.1. The van der Waals surface area contributed by atoms with Crippen LogP contribution in [0.2, 0.25) is 5.02 Å². The average Bonchev–Trinajstić information content (AvgIpc) is 2.87. The average molecular weight is 522 g/mol. The number of hydrogen-bond donors (Lipinski definition) is 1. The van der Waals surface area contributed by atoms with E-state index in [1.165, 1.54) is 30.3 Å². The molecule has 1 N–H and O–H groups in total. The molecule has 1 amide bonds. The van der Waals surface area contributed by atoms with Crippen molar-refractivity contribution in [3.63, 3.8) is 0 Å². The molecular formula is C29H25ClFNO5. The number of halogens is 2. The van der Waals surface area contributed by atoms with Gasteiger partial charge in [-0.3, -0.25) is 4.79 Å². The highest BCUT2D eigenvalue weighted by Crippen LogP contribution is 2.23. The van der Waals surface area contributed by atoms with E-state index in [-0.39, 0.29) is 16.6 Å². The third-order valence-corrected chi connectivity index (χ3v) is 5.78. The van der Waals surface area contributed by atoms with Crippen LogP contribution in [0.3, 0.4) is 0 Å². The van der Waals surface area contributed by atoms with Crippen molar-refractivity contribution >= 4 is 40.2 Å². The topological polar surface area (TPSA) is 77.8 Å². The SMILES string of the molecule is Cc1cc(=O)oc2cc(OCCCCOc3ccc(/C=C/C(=O)Nc4ccc(F)c(Cl)c4)cc3)ccc12. The number of aryl methyl sites for hydroxylation is 1. The molecule has 0 atom stereocenters. The number of fused-ring (bicyclic) bond motifs is 1. The fraction of sp³-hybridized carbons (Fsp3) is 0.172. The van der Waals surface area contributed by atoms with E-state index >= 15 is 0 Å². The van der Waals surface area contributed by atoms with Gasteiger partial charge in [-0.15, -0.1) is 0 Å². The largest absolute Gasteiger partial charge is 0.494 e. The summed E-state index contributed by atoms with van der Waals surface area (Å²) in [7, 11) is 0. The highest BCUT2D eigenvalue weighted by molar-refractivity contribution is 6.31. The molecule has 0 radical (unpaired) electrons. The quantitative estimate of drug-likeness (QED) is 0.141. The van der Waals surface area contributed by atoms with Crippen molar-refractivity contribution in [3.8, 4) is 11.5 Å². The maximum absolute atomic E-state index is 13.2. The standard InChI is InChI=1S/C29H25ClFNO5/c1-19-16-29(34)37-27-18-23(10-11-24(19)27)36-15-3-2-14-35-22-8-4-20(5-9-22)6-13-28(33)32-21-7-12-26(31)25(30)17-21/h4-13,16-18H,2-3,14-15H2,1H3,(H,32,33)/b13-6+. The number of hydrogen-bond acceptors (Lipinski definition) is 5. The number of nitrogens with one attached hydrogen (secondary N) is 1. The molecule has 0 saturated carbocycles. The van der Waals surface area contributed by atoms with Gasteiger partial charge in [-0.2, -0.15) is 0 Å². The van der Waals surface area contributed by atoms with Crippen LogP contribution in [-0.4, -0.2) is 19.1 Å². The molecule has 0 aliphatic rings. The fourth-order valence-corrected chi connectivity index (χ4v) is 3.76. The summed E-state index contributed by atoms with van der Waals surface area (Å²) < 4.78 is 30.0. The van der Waals surface area contributed by atoms with Gasteiger partial charge in [0.05, 0.1) is 18.2 Å². The number of rotatable bonds is 10. The van der Waals surface area contributed by atoms with E-state index in [0.717, 1.165) is 35.1 Å². The van der Waals surface area contributed by atoms with Crippen LogP contribution >= 0.6 is 11.6 Å². The van der Waals surface area contributed by atoms with E-state index < -0.39 is 5.82 Å². The predicted octanol–water partition coefficient (Wildman–Crippen LogP) is 6.78. The van der Waals surface area contributed by atoms with Gasteiger partial charge in [-0.25, -0.2) is 9.18 Å². The number of benzene rings is 3. The number of carbonyl (C=O) groups excluding carboxylic acids is 1. The number of anilines is 1. The van der Waals surface area contributed by atoms with Crippen molar-refractivity contribution in [2.24, 2.45) is 0 Å². The number of unbranched alkanes of at least 4 members (excludes halogenated alkanes) is 1. The summed E-state index contributed by atoms with van der Waals surface area (Å²) in [5, 5.41) is 3.46. The Morgan fingerprint density at radius 2 is 1.68 bits per heavy atom. The molecule has 0 aliphatic carbocycles. The molecule has 0 unspecified atom stereocenters. The molecule has 37 heavy (non-hydrogen) atoms. The molecule has 0 bridgehead atoms. The van der Waals surface area contributed by atoms with Gasteiger partial charge in [0.1, 0.15) is 22.9 Å². The van der Waals surface area contributed by atoms with Gasteiger partial charge >= 0.3 is 5.63 Å². The van der Waals surface area contributed by atoms with E-state index in [4.69, 9.17) is 25.5 Å². The summed E-state index contributed by atoms with van der Waals surface area (Å²) in [6.07, 6.45) is 4.65. The van der Waals surface area contributed by atoms with Crippen LogP contribution in [-0.2, 0) is 4.79 Å². The summed E-state index contributed by atoms with van der Waals surface area (Å²) >= 11 is 5.72. The lowest BCUT2D eigenvalue weighted by Crippen LogP contribution is -2.07. The van der Waals surface area contributed by atoms with Crippen molar-refractivity contribution in [1.29, 1.82) is 0 Å². The second kappa shape index (κ2) is 12.2. The third-order valence-electron chi connectivity index (χ3n) is 5.49. The Morgan fingerprint density at radius 3 is 2.41 bits per heavy atom. The molecule has 6 nitrogen and oxygen atoms in total. The second-order valence-electron chi connectivity index (χ2n) is 8.33. The molecule has 3 aromatic carbocycles. The van der Waals surface area contributed by atoms with Crippen molar-refractivity contribution < 1.29 is 23.1 Å². The summed E-state index contributed by atoms with van der Waals surface area (Å²) in [5.74, 6) is 0.484. The Bertz CT molecular complexity index is 1480. The van der Waals surface area contributed by atoms with E-state index in [9.17, 15) is 14.0 Å². The van der Waals surface area contributed by atoms with Crippen LogP contribution in [0.4, 0.5) is 10.1 Å². The molecule has 0 fully saturated rings. The van der Waals surface area contributed by atoms with Crippen molar-refractivity contribution in [3.05, 3.63) is 105 Å². The van der Waals surface area contributed by atoms with Crippen LogP contribution in [0.5, 0.6) is 11.5 Å². The summed E-state index contributed by atoms with van der Waals surface area (Å²) in [6, 6.07) is 18.3. The van der Waals surface area contributed by atoms with Gasteiger partial charge in [0.25, 0.3) is 0 Å². The second-order valence-corrected chi connectivity index (χ2v) is 8.74. The first-order valence-electron chi connectivity index (χ1n) is 11.7. The van der Waals surface area contributed by atoms with Gasteiger partial charge < -0.3 is 19.2 Å². The van der Waals surface area contributed by atoms with E-state index in [1.807, 2.05) is 43.3 Å². The minimum Gasteiger partial charge on any atom is -0.494 e. The number of amides is 1. The van der Waals surface area contributed by atoms with Gasteiger partial charge in [0, 0.05) is 29.3 Å². The summed E-state index contributed by atoms with van der Waals surface area (Å²) in [4.78, 5) is 23.6. The van der Waals surface area contributed by atoms with Gasteiger partial charge in [0.15, 0.2) is 0 Å². The van der Waals surface area contributed by atoms with Crippen LogP contribution in [0.25, 0.3) is 17.0 Å². The lowest BCUT2D eigenvalue weighted by atomic mass is 10.1. The van der Waals surface area contributed by atoms with E-state index in [1.54, 1.807) is 12.1 Å². The fourth-order valence-electron chi connectivity index (χ4n) is 3.58. The molecule has 0 aliphatic heterocycles. The first-order valence-corrected chi connectivity index (χ1v) is 12.1. The first-order chi connectivity index (χ1) is 17.9. The minimum atomic E-state index is -0.542. The molecule has 190 valence electrons. The molecule has 4 rings (SSSR count). The zero-order valence-corrected chi connectivity index (χ0v) is 20.9. The lowest BCUT2D eigenvalue weighted by molar-refractivity contribution is -0.111. The molecule has 1 aromatic heterocycles. The Morgan fingerprint density at radius 1 is 0.973 bits per heavy atom. The van der Waals surface area contributed by atoms with Crippen LogP contribution < -0.4 is 20.4 Å². The highest BCUT2D eigenvalue weighted by atomic mass is 35.5. The smallest absolute Gasteiger partial charge is 0.336 e. The molecule has 1 heterocycles. The predicted molar refractivity (Wildman–Crippen MR) is 143 cm³/mol. The Labute approximate surface area is 218 Å². The number of carbonyl (C=O) groups is 1. The Kier molecular flexibility index (Phi) is 8.59. The molecule has 4 aromatic rings.